The molecule has 0 aliphatic rings. The van der Waals surface area contributed by atoms with Gasteiger partial charge < -0.3 is 14.6 Å². The molecule has 26 heavy (non-hydrogen) atoms. The van der Waals surface area contributed by atoms with Crippen molar-refractivity contribution in [1.29, 1.82) is 0 Å². The first-order valence-corrected chi connectivity index (χ1v) is 9.51. The zero-order valence-corrected chi connectivity index (χ0v) is 18.1. The number of aromatic nitrogens is 2. The highest BCUT2D eigenvalue weighted by Gasteiger charge is 2.33. The second-order valence-electron chi connectivity index (χ2n) is 6.48. The van der Waals surface area contributed by atoms with Crippen molar-refractivity contribution in [2.24, 2.45) is 0 Å². The van der Waals surface area contributed by atoms with Gasteiger partial charge in [0.25, 0.3) is 9.68 Å². The van der Waals surface area contributed by atoms with E-state index >= 15 is 0 Å². The lowest BCUT2D eigenvalue weighted by atomic mass is 10.1. The maximum atomic E-state index is 12.2. The van der Waals surface area contributed by atoms with Crippen LogP contribution in [-0.4, -0.2) is 21.8 Å². The molecule has 1 atom stereocenters. The monoisotopic (exact) mass is 483 g/mol. The van der Waals surface area contributed by atoms with Gasteiger partial charge in [-0.1, -0.05) is 68.0 Å². The minimum atomic E-state index is -1.85. The van der Waals surface area contributed by atoms with Gasteiger partial charge in [-0.05, 0) is 38.5 Å². The summed E-state index contributed by atoms with van der Waals surface area (Å²) < 4.78 is 9.38. The molecule has 6 nitrogen and oxygen atoms in total. The van der Waals surface area contributed by atoms with Crippen LogP contribution >= 0.6 is 50.7 Å². The van der Waals surface area contributed by atoms with Crippen LogP contribution in [0.2, 0.25) is 0 Å². The van der Waals surface area contributed by atoms with Crippen LogP contribution in [0, 0.1) is 0 Å². The number of alkyl halides is 3. The Morgan fingerprint density at radius 3 is 2.38 bits per heavy atom. The number of benzene rings is 1. The summed E-state index contributed by atoms with van der Waals surface area (Å²) >= 11 is 20.7. The molecule has 0 unspecified atom stereocenters. The van der Waals surface area contributed by atoms with Crippen LogP contribution < -0.4 is 5.32 Å². The largest absolute Gasteiger partial charge is 0.444 e. The van der Waals surface area contributed by atoms with E-state index in [9.17, 15) is 4.79 Å². The second-order valence-corrected chi connectivity index (χ2v) is 9.68. The summed E-state index contributed by atoms with van der Waals surface area (Å²) in [4.78, 5) is 16.3. The Labute approximate surface area is 174 Å². The van der Waals surface area contributed by atoms with Crippen LogP contribution in [0.4, 0.5) is 4.79 Å². The molecule has 0 saturated carbocycles. The quantitative estimate of drug-likeness (QED) is 0.582. The Hall–Kier alpha value is -1.02. The molecule has 142 valence electrons. The molecule has 0 aliphatic carbocycles. The molecule has 1 amide bonds. The van der Waals surface area contributed by atoms with Crippen molar-refractivity contribution in [2.45, 2.75) is 42.6 Å². The van der Waals surface area contributed by atoms with E-state index in [4.69, 9.17) is 44.1 Å². The standard InChI is InChI=1S/C16H17BrCl3N3O3/c1-15(2,3)25-14(24)21-11(8-9-4-6-10(17)7-5-9)12-22-13(26-23-12)16(18,19)20/h4-7,11H,8H2,1-3H3,(H,21,24)/t11-/m0/s1. The van der Waals surface area contributed by atoms with Gasteiger partial charge in [0.15, 0.2) is 5.82 Å². The molecule has 0 fully saturated rings. The fourth-order valence-corrected chi connectivity index (χ4v) is 2.50. The number of ether oxygens (including phenoxy) is 1. The number of nitrogens with one attached hydrogen (secondary N) is 1. The molecule has 0 bridgehead atoms. The molecule has 1 N–H and O–H groups in total. The second kappa shape index (κ2) is 8.33. The van der Waals surface area contributed by atoms with E-state index in [1.165, 1.54) is 0 Å². The molecule has 0 saturated heterocycles. The Kier molecular flexibility index (Phi) is 6.82. The molecule has 10 heteroatoms. The van der Waals surface area contributed by atoms with E-state index in [0.717, 1.165) is 10.0 Å². The van der Waals surface area contributed by atoms with Crippen molar-refractivity contribution >= 4 is 56.8 Å². The highest BCUT2D eigenvalue weighted by molar-refractivity contribution is 9.10. The summed E-state index contributed by atoms with van der Waals surface area (Å²) in [7, 11) is 0. The van der Waals surface area contributed by atoms with Gasteiger partial charge in [0, 0.05) is 10.9 Å². The molecular formula is C16H17BrCl3N3O3. The predicted molar refractivity (Wildman–Crippen MR) is 103 cm³/mol. The number of carbonyl (C=O) groups excluding carboxylic acids is 1. The highest BCUT2D eigenvalue weighted by Crippen LogP contribution is 2.37. The van der Waals surface area contributed by atoms with Crippen LogP contribution in [0.3, 0.4) is 0 Å². The van der Waals surface area contributed by atoms with E-state index in [2.05, 4.69) is 31.4 Å². The first kappa shape index (κ1) is 21.3. The Morgan fingerprint density at radius 2 is 1.88 bits per heavy atom. The number of nitrogens with zero attached hydrogens (tertiary/aromatic N) is 2. The number of hydrogen-bond acceptors (Lipinski definition) is 5. The summed E-state index contributed by atoms with van der Waals surface area (Å²) in [6.45, 7) is 5.31. The van der Waals surface area contributed by atoms with Crippen molar-refractivity contribution < 1.29 is 14.1 Å². The molecular weight excluding hydrogens is 468 g/mol. The van der Waals surface area contributed by atoms with E-state index in [-0.39, 0.29) is 11.7 Å². The zero-order chi connectivity index (χ0) is 19.5. The first-order chi connectivity index (χ1) is 11.9. The van der Waals surface area contributed by atoms with Gasteiger partial charge in [-0.2, -0.15) is 4.98 Å². The van der Waals surface area contributed by atoms with Gasteiger partial charge in [0.2, 0.25) is 0 Å². The third-order valence-electron chi connectivity index (χ3n) is 3.04. The molecule has 0 spiro atoms. The van der Waals surface area contributed by atoms with Crippen LogP contribution in [0.1, 0.15) is 44.1 Å². The van der Waals surface area contributed by atoms with Crippen molar-refractivity contribution in [3.63, 3.8) is 0 Å². The summed E-state index contributed by atoms with van der Waals surface area (Å²) in [6.07, 6.45) is -0.217. The lowest BCUT2D eigenvalue weighted by Crippen LogP contribution is -2.36. The van der Waals surface area contributed by atoms with Crippen LogP contribution in [-0.2, 0) is 15.0 Å². The average Bonchev–Trinajstić information content (AvgIpc) is 2.97. The number of rotatable bonds is 4. The SMILES string of the molecule is CC(C)(C)OC(=O)N[C@@H](Cc1ccc(Br)cc1)c1noc(C(Cl)(Cl)Cl)n1. The van der Waals surface area contributed by atoms with Crippen LogP contribution in [0.25, 0.3) is 0 Å². The summed E-state index contributed by atoms with van der Waals surface area (Å²) in [5.74, 6) is 0.00407. The summed E-state index contributed by atoms with van der Waals surface area (Å²) in [6, 6.07) is 6.97. The van der Waals surface area contributed by atoms with Crippen molar-refractivity contribution in [3.05, 3.63) is 46.0 Å². The maximum absolute atomic E-state index is 12.2. The predicted octanol–water partition coefficient (Wildman–Crippen LogP) is 5.47. The van der Waals surface area contributed by atoms with Gasteiger partial charge in [-0.3, -0.25) is 0 Å². The lowest BCUT2D eigenvalue weighted by molar-refractivity contribution is 0.0500. The number of hydrogen-bond donors (Lipinski definition) is 1. The molecule has 1 aromatic carbocycles. The Bertz CT molecular complexity index is 755. The smallest absolute Gasteiger partial charge is 0.408 e. The lowest BCUT2D eigenvalue weighted by Gasteiger charge is -2.22. The molecule has 2 aromatic rings. The Morgan fingerprint density at radius 1 is 1.27 bits per heavy atom. The van der Waals surface area contributed by atoms with Crippen molar-refractivity contribution in [3.8, 4) is 0 Å². The van der Waals surface area contributed by atoms with Gasteiger partial charge in [-0.15, -0.1) is 0 Å². The third-order valence-corrected chi connectivity index (χ3v) is 4.05. The highest BCUT2D eigenvalue weighted by atomic mass is 79.9. The number of halogens is 4. The summed E-state index contributed by atoms with van der Waals surface area (Å²) in [5.41, 5.74) is 0.293. The van der Waals surface area contributed by atoms with Crippen molar-refractivity contribution in [1.82, 2.24) is 15.5 Å². The van der Waals surface area contributed by atoms with Crippen LogP contribution in [0.15, 0.2) is 33.3 Å². The van der Waals surface area contributed by atoms with Gasteiger partial charge in [-0.25, -0.2) is 4.79 Å². The van der Waals surface area contributed by atoms with Crippen molar-refractivity contribution in [2.75, 3.05) is 0 Å². The zero-order valence-electron chi connectivity index (χ0n) is 14.2. The molecule has 0 radical (unpaired) electrons. The third kappa shape index (κ3) is 6.61. The van der Waals surface area contributed by atoms with Crippen LogP contribution in [0.5, 0.6) is 0 Å². The van der Waals surface area contributed by atoms with Gasteiger partial charge >= 0.3 is 6.09 Å². The van der Waals surface area contributed by atoms with Gasteiger partial charge in [0.05, 0.1) is 6.04 Å². The minimum absolute atomic E-state index is 0.177. The van der Waals surface area contributed by atoms with E-state index in [0.29, 0.717) is 6.42 Å². The Balaban J connectivity index is 2.24. The summed E-state index contributed by atoms with van der Waals surface area (Å²) in [5, 5.41) is 6.56. The average molecular weight is 486 g/mol. The topological polar surface area (TPSA) is 77.2 Å². The first-order valence-electron chi connectivity index (χ1n) is 7.59. The number of alkyl carbamates (subject to hydrolysis) is 1. The molecule has 2 rings (SSSR count). The fourth-order valence-electron chi connectivity index (χ4n) is 2.00. The minimum Gasteiger partial charge on any atom is -0.444 e. The molecule has 1 heterocycles. The normalized spacial score (nSPS) is 13.3. The number of amides is 1. The molecule has 0 aliphatic heterocycles. The molecule has 1 aromatic heterocycles. The number of carbonyl (C=O) groups is 1. The van der Waals surface area contributed by atoms with Gasteiger partial charge in [0.1, 0.15) is 5.60 Å². The maximum Gasteiger partial charge on any atom is 0.408 e. The van der Waals surface area contributed by atoms with E-state index in [1.807, 2.05) is 24.3 Å². The fraction of sp³-hybridized carbons (Fsp3) is 0.438. The van der Waals surface area contributed by atoms with E-state index < -0.39 is 21.5 Å². The van der Waals surface area contributed by atoms with E-state index in [1.54, 1.807) is 20.8 Å².